The number of aliphatic carboxylic acids is 1. The highest BCUT2D eigenvalue weighted by Gasteiger charge is 2.29. The van der Waals surface area contributed by atoms with Crippen molar-refractivity contribution in [2.75, 3.05) is 19.6 Å². The first-order valence-electron chi connectivity index (χ1n) is 16.4. The second-order valence-electron chi connectivity index (χ2n) is 12.4. The van der Waals surface area contributed by atoms with Gasteiger partial charge in [-0.15, -0.1) is 0 Å². The van der Waals surface area contributed by atoms with Gasteiger partial charge < -0.3 is 59.3 Å². The Hall–Kier alpha value is -5.30. The van der Waals surface area contributed by atoms with E-state index in [0.29, 0.717) is 24.9 Å². The zero-order valence-electron chi connectivity index (χ0n) is 29.0. The van der Waals surface area contributed by atoms with E-state index in [2.05, 4.69) is 31.9 Å². The largest absolute Gasteiger partial charge is 0.508 e. The van der Waals surface area contributed by atoms with Crippen LogP contribution in [0.1, 0.15) is 58.4 Å². The standard InChI is InChI=1S/C32H51N9O10/c1-17(2)12-24(32(50)51)41-31(49)22(6-4-5-11-33)40-28(46)18(3)38-26(44)15-37-30(48)23(13-19-7-9-20(42)10-8-19)39-27(45)16-36-29(47)21(34)14-25(35)43/h7-10,17-18,21-24,42H,4-6,11-16,33-34H2,1-3H3,(H2,35,43)(H,36,47)(H,37,48)(H,38,44)(H,39,45)(H,40,46)(H,41,49)(H,50,51)/t18-,21-,22-,23-,24-/m0/s1. The highest BCUT2D eigenvalue weighted by molar-refractivity contribution is 5.95. The fourth-order valence-electron chi connectivity index (χ4n) is 4.60. The summed E-state index contributed by atoms with van der Waals surface area (Å²) in [6.45, 7) is 4.08. The fraction of sp³-hybridized carbons (Fsp3) is 0.562. The molecule has 5 atom stereocenters. The Bertz CT molecular complexity index is 1370. The van der Waals surface area contributed by atoms with Crippen LogP contribution in [0.25, 0.3) is 0 Å². The number of carbonyl (C=O) groups excluding carboxylic acids is 7. The molecule has 0 saturated carbocycles. The molecule has 0 radical (unpaired) electrons. The molecule has 284 valence electrons. The van der Waals surface area contributed by atoms with Crippen molar-refractivity contribution in [1.29, 1.82) is 0 Å². The van der Waals surface area contributed by atoms with E-state index >= 15 is 0 Å². The van der Waals surface area contributed by atoms with Gasteiger partial charge in [-0.25, -0.2) is 4.79 Å². The van der Waals surface area contributed by atoms with Crippen LogP contribution >= 0.6 is 0 Å². The number of nitrogens with one attached hydrogen (secondary N) is 6. The van der Waals surface area contributed by atoms with Crippen molar-refractivity contribution < 1.29 is 48.6 Å². The Labute approximate surface area is 295 Å². The topological polar surface area (TPSA) is 327 Å². The van der Waals surface area contributed by atoms with Crippen LogP contribution in [0.2, 0.25) is 0 Å². The number of phenolic OH excluding ortho intramolecular Hbond substituents is 1. The number of hydrogen-bond donors (Lipinski definition) is 11. The number of rotatable bonds is 23. The first-order chi connectivity index (χ1) is 23.9. The molecule has 0 spiro atoms. The molecule has 1 rings (SSSR count). The normalized spacial score (nSPS) is 13.8. The maximum Gasteiger partial charge on any atom is 0.326 e. The van der Waals surface area contributed by atoms with Crippen molar-refractivity contribution in [3.05, 3.63) is 29.8 Å². The van der Waals surface area contributed by atoms with Crippen LogP contribution in [-0.2, 0) is 44.8 Å². The molecule has 19 nitrogen and oxygen atoms in total. The summed E-state index contributed by atoms with van der Waals surface area (Å²) < 4.78 is 0. The average molecular weight is 722 g/mol. The monoisotopic (exact) mass is 721 g/mol. The summed E-state index contributed by atoms with van der Waals surface area (Å²) in [6.07, 6.45) is 0.816. The number of carboxylic acids is 1. The number of hydrogen-bond acceptors (Lipinski definition) is 11. The first kappa shape index (κ1) is 43.7. The summed E-state index contributed by atoms with van der Waals surface area (Å²) in [7, 11) is 0. The number of phenols is 1. The smallest absolute Gasteiger partial charge is 0.326 e. The third-order valence-electron chi connectivity index (χ3n) is 7.30. The minimum absolute atomic E-state index is 0.0282. The van der Waals surface area contributed by atoms with E-state index in [1.807, 2.05) is 0 Å². The van der Waals surface area contributed by atoms with E-state index in [1.165, 1.54) is 31.2 Å². The molecule has 0 bridgehead atoms. The van der Waals surface area contributed by atoms with Gasteiger partial charge in [0.1, 0.15) is 29.9 Å². The molecular formula is C32H51N9O10. The van der Waals surface area contributed by atoms with Gasteiger partial charge in [0, 0.05) is 6.42 Å². The molecule has 0 fully saturated rings. The number of aromatic hydroxyl groups is 1. The number of carboxylic acid groups (broad SMARTS) is 1. The lowest BCUT2D eigenvalue weighted by Gasteiger charge is -2.24. The van der Waals surface area contributed by atoms with Gasteiger partial charge in [0.15, 0.2) is 0 Å². The first-order valence-corrected chi connectivity index (χ1v) is 16.4. The van der Waals surface area contributed by atoms with Crippen molar-refractivity contribution in [1.82, 2.24) is 31.9 Å². The number of amides is 7. The van der Waals surface area contributed by atoms with Crippen LogP contribution in [0.3, 0.4) is 0 Å². The summed E-state index contributed by atoms with van der Waals surface area (Å²) >= 11 is 0. The van der Waals surface area contributed by atoms with Crippen LogP contribution in [0.5, 0.6) is 5.75 Å². The van der Waals surface area contributed by atoms with Crippen LogP contribution in [-0.4, -0.2) is 107 Å². The third kappa shape index (κ3) is 17.8. The molecule has 0 saturated heterocycles. The lowest BCUT2D eigenvalue weighted by Crippen LogP contribution is -2.56. The van der Waals surface area contributed by atoms with Gasteiger partial charge >= 0.3 is 5.97 Å². The second kappa shape index (κ2) is 22.4. The highest BCUT2D eigenvalue weighted by atomic mass is 16.4. The van der Waals surface area contributed by atoms with E-state index in [4.69, 9.17) is 17.2 Å². The SMILES string of the molecule is CC(C)C[C@H](NC(=O)[C@H](CCCCN)NC(=O)[C@H](C)NC(=O)CNC(=O)[C@H](Cc1ccc(O)cc1)NC(=O)CNC(=O)[C@@H](N)CC(N)=O)C(=O)O. The molecule has 19 heteroatoms. The quantitative estimate of drug-likeness (QED) is 0.0493. The van der Waals surface area contributed by atoms with Crippen LogP contribution in [0, 0.1) is 5.92 Å². The fourth-order valence-corrected chi connectivity index (χ4v) is 4.60. The highest BCUT2D eigenvalue weighted by Crippen LogP contribution is 2.12. The predicted molar refractivity (Wildman–Crippen MR) is 183 cm³/mol. The molecule has 7 amide bonds. The molecule has 14 N–H and O–H groups in total. The number of nitrogens with two attached hydrogens (primary N) is 3. The molecular weight excluding hydrogens is 670 g/mol. The van der Waals surface area contributed by atoms with Crippen molar-refractivity contribution >= 4 is 47.3 Å². The van der Waals surface area contributed by atoms with Gasteiger partial charge in [-0.1, -0.05) is 26.0 Å². The van der Waals surface area contributed by atoms with E-state index in [-0.39, 0.29) is 30.9 Å². The number of unbranched alkanes of at least 4 members (excludes halogenated alkanes) is 1. The zero-order chi connectivity index (χ0) is 38.7. The predicted octanol–water partition coefficient (Wildman–Crippen LogP) is -3.41. The van der Waals surface area contributed by atoms with Gasteiger partial charge in [0.2, 0.25) is 41.4 Å². The minimum Gasteiger partial charge on any atom is -0.508 e. The average Bonchev–Trinajstić information content (AvgIpc) is 3.05. The summed E-state index contributed by atoms with van der Waals surface area (Å²) in [5.74, 6) is -6.75. The molecule has 1 aromatic carbocycles. The lowest BCUT2D eigenvalue weighted by molar-refractivity contribution is -0.142. The molecule has 0 aliphatic carbocycles. The Morgan fingerprint density at radius 3 is 1.84 bits per heavy atom. The molecule has 0 aliphatic rings. The summed E-state index contributed by atoms with van der Waals surface area (Å²) in [5.41, 5.74) is 16.7. The number of benzene rings is 1. The maximum absolute atomic E-state index is 13.1. The van der Waals surface area contributed by atoms with Crippen molar-refractivity contribution in [2.45, 2.75) is 89.5 Å². The van der Waals surface area contributed by atoms with Gasteiger partial charge in [0.25, 0.3) is 0 Å². The minimum atomic E-state index is -1.28. The zero-order valence-corrected chi connectivity index (χ0v) is 29.0. The summed E-state index contributed by atoms with van der Waals surface area (Å²) in [6, 6.07) is -0.238. The van der Waals surface area contributed by atoms with Gasteiger partial charge in [-0.3, -0.25) is 33.6 Å². The van der Waals surface area contributed by atoms with Crippen LogP contribution in [0.15, 0.2) is 24.3 Å². The van der Waals surface area contributed by atoms with E-state index < -0.39 is 97.0 Å². The van der Waals surface area contributed by atoms with E-state index in [0.717, 1.165) is 0 Å². The van der Waals surface area contributed by atoms with E-state index in [1.54, 1.807) is 13.8 Å². The third-order valence-corrected chi connectivity index (χ3v) is 7.30. The maximum atomic E-state index is 13.1. The van der Waals surface area contributed by atoms with Crippen LogP contribution < -0.4 is 49.1 Å². The Morgan fingerprint density at radius 1 is 0.725 bits per heavy atom. The molecule has 0 unspecified atom stereocenters. The molecule has 51 heavy (non-hydrogen) atoms. The van der Waals surface area contributed by atoms with Gasteiger partial charge in [-0.05, 0) is 62.8 Å². The molecule has 0 aliphatic heterocycles. The summed E-state index contributed by atoms with van der Waals surface area (Å²) in [4.78, 5) is 99.1. The molecule has 0 heterocycles. The summed E-state index contributed by atoms with van der Waals surface area (Å²) in [5, 5.41) is 33.5. The van der Waals surface area contributed by atoms with Crippen molar-refractivity contribution in [3.8, 4) is 5.75 Å². The van der Waals surface area contributed by atoms with E-state index in [9.17, 15) is 48.6 Å². The van der Waals surface area contributed by atoms with Gasteiger partial charge in [0.05, 0.1) is 25.6 Å². The Balaban J connectivity index is 2.87. The number of primary amides is 1. The molecule has 1 aromatic rings. The van der Waals surface area contributed by atoms with Crippen molar-refractivity contribution in [2.24, 2.45) is 23.1 Å². The van der Waals surface area contributed by atoms with Gasteiger partial charge in [-0.2, -0.15) is 0 Å². The Morgan fingerprint density at radius 2 is 1.29 bits per heavy atom. The lowest BCUT2D eigenvalue weighted by atomic mass is 10.0. The molecule has 0 aromatic heterocycles. The number of carbonyl (C=O) groups is 8. The second-order valence-corrected chi connectivity index (χ2v) is 12.4. The van der Waals surface area contributed by atoms with Crippen LogP contribution in [0.4, 0.5) is 0 Å². The van der Waals surface area contributed by atoms with Crippen molar-refractivity contribution in [3.63, 3.8) is 0 Å². The Kier molecular flexibility index (Phi) is 19.2.